The number of nitrogens with two attached hydrogens (primary N) is 2. The highest BCUT2D eigenvalue weighted by Crippen LogP contribution is 2.24. The van der Waals surface area contributed by atoms with E-state index in [1.54, 1.807) is 39.6 Å². The number of primary amides is 2. The van der Waals surface area contributed by atoms with Crippen LogP contribution >= 0.6 is 11.8 Å². The third kappa shape index (κ3) is 30.8. The highest BCUT2D eigenvalue weighted by Gasteiger charge is 2.35. The van der Waals surface area contributed by atoms with Gasteiger partial charge in [-0.2, -0.15) is 11.8 Å². The molecule has 1 saturated heterocycles. The number of imidazole rings is 1. The quantitative estimate of drug-likeness (QED) is 0.0258. The zero-order chi connectivity index (χ0) is 78.2. The maximum absolute atomic E-state index is 14.5. The zero-order valence-electron chi connectivity index (χ0n) is 60.4. The lowest BCUT2D eigenvalue weighted by Gasteiger charge is -2.32. The second-order valence-corrected chi connectivity index (χ2v) is 27.6. The van der Waals surface area contributed by atoms with Crippen LogP contribution in [0.25, 0.3) is 6.08 Å². The minimum absolute atomic E-state index is 0.0155. The lowest BCUT2D eigenvalue weighted by molar-refractivity contribution is -0.140. The largest absolute Gasteiger partial charge is 0.480 e. The van der Waals surface area contributed by atoms with Crippen molar-refractivity contribution in [2.45, 2.75) is 128 Å². The molecule has 0 saturated carbocycles. The van der Waals surface area contributed by atoms with Crippen molar-refractivity contribution in [1.82, 2.24) is 82.4 Å². The maximum Gasteiger partial charge on any atom is 0.317 e. The van der Waals surface area contributed by atoms with Gasteiger partial charge in [0.05, 0.1) is 45.6 Å². The number of amides is 12. The first-order chi connectivity index (χ1) is 50.3. The van der Waals surface area contributed by atoms with Crippen LogP contribution < -0.4 is 64.6 Å². The van der Waals surface area contributed by atoms with Crippen molar-refractivity contribution < 1.29 is 87.2 Å². The summed E-state index contributed by atoms with van der Waals surface area (Å²) in [5.41, 5.74) is 14.0. The van der Waals surface area contributed by atoms with Gasteiger partial charge in [-0.1, -0.05) is 33.8 Å². The van der Waals surface area contributed by atoms with Crippen LogP contribution in [0.5, 0.6) is 0 Å². The van der Waals surface area contributed by atoms with Crippen LogP contribution in [0.15, 0.2) is 49.1 Å². The molecule has 1 aliphatic heterocycles. The molecule has 106 heavy (non-hydrogen) atoms. The number of hydrogen-bond donors (Lipinski definition) is 17. The number of nitrogens with zero attached hydrogens (tertiary/aromatic N) is 5. The van der Waals surface area contributed by atoms with Gasteiger partial charge < -0.3 is 89.9 Å². The van der Waals surface area contributed by atoms with Gasteiger partial charge in [0.25, 0.3) is 5.91 Å². The van der Waals surface area contributed by atoms with E-state index in [1.165, 1.54) is 55.5 Å². The van der Waals surface area contributed by atoms with Crippen LogP contribution in [0.1, 0.15) is 99.6 Å². The first kappa shape index (κ1) is 86.3. The molecule has 3 unspecified atom stereocenters. The molecule has 582 valence electrons. The monoisotopic (exact) mass is 1500 g/mol. The van der Waals surface area contributed by atoms with E-state index in [1.807, 2.05) is 32.3 Å². The standard InChI is InChI=1S/C68H101N19O18S/c1-39(2)27-50(66(103)79-48(61(70)98)17-26-106-6)81-67(104)52(29-45-31-71-38-75-45)78-55(90)33-74-68(105)60(40(3)4)83-62(99)41(5)76-65(102)51(28-43-30-72-47-10-8-7-9-46(43)47)82-64(101)49(15-16-53(69)88)80-63(100)42-11-13-44(14-12-42)77-54(89)32-73-56(91)34-84-18-20-85(35-57(92)93)22-24-87(37-59(96)97)25-23-86(21-19-84)36-58(94)95/h8,10-14,30-31,38-41,48-52,60,72H,7,9,15-29,32-37H2,1-6H3,(H2,69,88)(H2,70,98)(H,71,75)(H,73,91)(H,74,105)(H,76,102)(H,77,89)(H,78,90)(H,79,103)(H,80,100)(H,81,104)(H,82,101)(H,83,99)(H,92,93)(H,94,95)(H,96,97)/t41-,48?,49-,50-,51?,52?,60-/m0/s1. The molecule has 37 nitrogen and oxygen atoms in total. The van der Waals surface area contributed by atoms with E-state index in [2.05, 4.69) is 68.1 Å². The Morgan fingerprint density at radius 3 is 1.64 bits per heavy atom. The van der Waals surface area contributed by atoms with Gasteiger partial charge in [0.1, 0.15) is 42.3 Å². The number of anilines is 1. The predicted octanol–water partition coefficient (Wildman–Crippen LogP) is -3.94. The van der Waals surface area contributed by atoms with Crippen molar-refractivity contribution in [2.24, 2.45) is 23.3 Å². The van der Waals surface area contributed by atoms with E-state index in [0.717, 1.165) is 11.3 Å². The van der Waals surface area contributed by atoms with Crippen LogP contribution in [0.3, 0.4) is 0 Å². The lowest BCUT2D eigenvalue weighted by atomic mass is 9.96. The lowest BCUT2D eigenvalue weighted by Crippen LogP contribution is -2.59. The third-order valence-corrected chi connectivity index (χ3v) is 17.9. The Morgan fingerprint density at radius 2 is 1.10 bits per heavy atom. The number of allylic oxidation sites excluding steroid dienone is 1. The molecule has 12 amide bonds. The first-order valence-corrected chi connectivity index (χ1v) is 36.2. The highest BCUT2D eigenvalue weighted by atomic mass is 32.2. The molecule has 0 spiro atoms. The van der Waals surface area contributed by atoms with Crippen LogP contribution in [0.2, 0.25) is 0 Å². The number of hydrogen-bond acceptors (Lipinski definition) is 21. The number of fused-ring (bicyclic) bond motifs is 1. The van der Waals surface area contributed by atoms with Gasteiger partial charge in [-0.25, -0.2) is 4.98 Å². The van der Waals surface area contributed by atoms with Crippen LogP contribution in [0.4, 0.5) is 5.69 Å². The maximum atomic E-state index is 14.5. The molecule has 1 aromatic carbocycles. The van der Waals surface area contributed by atoms with E-state index < -0.39 is 157 Å². The fourth-order valence-corrected chi connectivity index (χ4v) is 12.0. The van der Waals surface area contributed by atoms with E-state index in [4.69, 9.17) is 11.5 Å². The molecule has 1 aliphatic carbocycles. The predicted molar refractivity (Wildman–Crippen MR) is 387 cm³/mol. The van der Waals surface area contributed by atoms with Crippen molar-refractivity contribution in [3.8, 4) is 0 Å². The molecule has 0 radical (unpaired) electrons. The molecular formula is C68H101N19O18S. The van der Waals surface area contributed by atoms with Crippen molar-refractivity contribution in [3.63, 3.8) is 0 Å². The second-order valence-electron chi connectivity index (χ2n) is 26.6. The first-order valence-electron chi connectivity index (χ1n) is 34.8. The number of H-pyrrole nitrogens is 2. The van der Waals surface area contributed by atoms with Crippen LogP contribution in [0, 0.1) is 11.8 Å². The van der Waals surface area contributed by atoms with Crippen LogP contribution in [-0.2, 0) is 86.4 Å². The summed E-state index contributed by atoms with van der Waals surface area (Å²) in [4.78, 5) is 214. The molecule has 2 aliphatic rings. The minimum Gasteiger partial charge on any atom is -0.480 e. The van der Waals surface area contributed by atoms with Crippen molar-refractivity contribution in [1.29, 1.82) is 0 Å². The van der Waals surface area contributed by atoms with Gasteiger partial charge in [-0.05, 0) is 104 Å². The summed E-state index contributed by atoms with van der Waals surface area (Å²) < 4.78 is 0. The Labute approximate surface area is 617 Å². The molecule has 2 aromatic heterocycles. The summed E-state index contributed by atoms with van der Waals surface area (Å²) in [7, 11) is 0. The molecule has 19 N–H and O–H groups in total. The fourth-order valence-electron chi connectivity index (χ4n) is 11.5. The Balaban J connectivity index is 1.21. The smallest absolute Gasteiger partial charge is 0.317 e. The van der Waals surface area contributed by atoms with Gasteiger partial charge in [-0.3, -0.25) is 91.5 Å². The van der Waals surface area contributed by atoms with E-state index >= 15 is 0 Å². The number of carboxylic acids is 3. The van der Waals surface area contributed by atoms with E-state index in [0.29, 0.717) is 29.9 Å². The number of nitrogens with one attached hydrogen (secondary N) is 12. The number of carboxylic acid groups (broad SMARTS) is 3. The van der Waals surface area contributed by atoms with Crippen molar-refractivity contribution >= 4 is 112 Å². The summed E-state index contributed by atoms with van der Waals surface area (Å²) in [6, 6.07) is -3.66. The number of carbonyl (C=O) groups is 15. The minimum atomic E-state index is -1.49. The molecule has 38 heteroatoms. The molecule has 3 aromatic rings. The summed E-state index contributed by atoms with van der Waals surface area (Å²) in [6.45, 7) is 7.08. The average molecular weight is 1500 g/mol. The second kappa shape index (κ2) is 43.8. The number of aromatic amines is 2. The Morgan fingerprint density at radius 1 is 0.566 bits per heavy atom. The van der Waals surface area contributed by atoms with Gasteiger partial charge in [0.15, 0.2) is 0 Å². The number of aliphatic carboxylic acids is 3. The SMILES string of the molecule is CSCCC(NC(=O)[C@H](CC(C)C)NC(=O)C(Cc1cnc[nH]1)NC(=O)CNC(=O)[C@@H](NC(=O)[C@H](C)NC(=O)C(Cc1c[nH]c2c1CCC=C2)NC(=O)[C@H](CCC(N)=O)NC(=O)c1ccc(NC(=O)CNC(=O)CN2CCN(CC(=O)O)CCN(CC(=O)O)CCN(CC(=O)O)CC2)cc1)C(C)C)C(N)=O. The fraction of sp³-hybridized carbons (Fsp3) is 0.559. The zero-order valence-corrected chi connectivity index (χ0v) is 61.2. The average Bonchev–Trinajstić information content (AvgIpc) is 1.68. The number of aromatic nitrogens is 3. The Hall–Kier alpha value is -10.3. The molecule has 0 bridgehead atoms. The summed E-state index contributed by atoms with van der Waals surface area (Å²) >= 11 is 1.45. The summed E-state index contributed by atoms with van der Waals surface area (Å²) in [6.07, 6.45) is 10.8. The number of carbonyl (C=O) groups excluding carboxylic acids is 12. The molecule has 3 heterocycles. The van der Waals surface area contributed by atoms with E-state index in [-0.39, 0.29) is 128 Å². The topological polar surface area (TPSA) is 547 Å². The Bertz CT molecular complexity index is 3540. The van der Waals surface area contributed by atoms with Crippen molar-refractivity contribution in [2.75, 3.05) is 109 Å². The number of thioether (sulfide) groups is 1. The van der Waals surface area contributed by atoms with Gasteiger partial charge in [0.2, 0.25) is 65.0 Å². The normalized spacial score (nSPS) is 15.9. The van der Waals surface area contributed by atoms with Gasteiger partial charge in [0, 0.05) is 107 Å². The van der Waals surface area contributed by atoms with Gasteiger partial charge >= 0.3 is 17.9 Å². The molecular weight excluding hydrogens is 1400 g/mol. The highest BCUT2D eigenvalue weighted by molar-refractivity contribution is 7.98. The van der Waals surface area contributed by atoms with Crippen molar-refractivity contribution in [3.05, 3.63) is 77.1 Å². The molecule has 7 atom stereocenters. The van der Waals surface area contributed by atoms with Crippen LogP contribution in [-0.4, -0.2) is 285 Å². The number of rotatable bonds is 41. The van der Waals surface area contributed by atoms with E-state index in [9.17, 15) is 87.2 Å². The summed E-state index contributed by atoms with van der Waals surface area (Å²) in [5.74, 6) is -12.9. The third-order valence-electron chi connectivity index (χ3n) is 17.2. The summed E-state index contributed by atoms with van der Waals surface area (Å²) in [5, 5.41) is 54.6. The molecule has 1 fully saturated rings. The molecule has 5 rings (SSSR count). The van der Waals surface area contributed by atoms with Gasteiger partial charge in [-0.15, -0.1) is 0 Å². The number of benzene rings is 1. The Kier molecular flexibility index (Phi) is 35.7.